The third-order valence-electron chi connectivity index (χ3n) is 7.01. The van der Waals surface area contributed by atoms with Gasteiger partial charge in [-0.1, -0.05) is 69.9 Å². The lowest BCUT2D eigenvalue weighted by Crippen LogP contribution is -2.49. The van der Waals surface area contributed by atoms with Crippen LogP contribution in [-0.2, 0) is 11.2 Å². The average Bonchev–Trinajstić information content (AvgIpc) is 3.07. The molecular formula is C26H41N5O2. The van der Waals surface area contributed by atoms with Crippen LogP contribution in [0.4, 0.5) is 4.79 Å². The molecule has 2 heterocycles. The fourth-order valence-electron chi connectivity index (χ4n) is 4.90. The minimum atomic E-state index is -0.657. The zero-order valence-electron chi connectivity index (χ0n) is 20.4. The summed E-state index contributed by atoms with van der Waals surface area (Å²) >= 11 is 0. The molecule has 7 heteroatoms. The molecule has 1 aromatic carbocycles. The van der Waals surface area contributed by atoms with Gasteiger partial charge < -0.3 is 16.0 Å². The van der Waals surface area contributed by atoms with Gasteiger partial charge in [-0.2, -0.15) is 0 Å². The van der Waals surface area contributed by atoms with Gasteiger partial charge in [0.05, 0.1) is 0 Å². The number of likely N-dealkylation sites (tertiary alicyclic amines) is 1. The van der Waals surface area contributed by atoms with Gasteiger partial charge in [0.25, 0.3) is 5.91 Å². The predicted octanol–water partition coefficient (Wildman–Crippen LogP) is 3.93. The molecule has 0 radical (unpaired) electrons. The number of hydrogen-bond donors (Lipinski definition) is 2. The van der Waals surface area contributed by atoms with E-state index in [-0.39, 0.29) is 11.9 Å². The van der Waals surface area contributed by atoms with E-state index in [1.165, 1.54) is 5.56 Å². The van der Waals surface area contributed by atoms with Gasteiger partial charge in [-0.3, -0.25) is 9.69 Å². The number of aliphatic imine (C=N–C) groups is 1. The zero-order valence-corrected chi connectivity index (χ0v) is 20.4. The molecule has 182 valence electrons. The highest BCUT2D eigenvalue weighted by Crippen LogP contribution is 2.34. The molecule has 0 spiro atoms. The second kappa shape index (κ2) is 12.1. The second-order valence-electron chi connectivity index (χ2n) is 9.52. The Labute approximate surface area is 198 Å². The van der Waals surface area contributed by atoms with Crippen molar-refractivity contribution in [3.63, 3.8) is 0 Å². The van der Waals surface area contributed by atoms with E-state index in [0.717, 1.165) is 57.8 Å². The van der Waals surface area contributed by atoms with Crippen LogP contribution in [0.5, 0.6) is 0 Å². The van der Waals surface area contributed by atoms with Crippen LogP contribution < -0.4 is 11.1 Å². The van der Waals surface area contributed by atoms with E-state index in [9.17, 15) is 9.59 Å². The number of piperidine rings is 1. The van der Waals surface area contributed by atoms with Crippen LogP contribution >= 0.6 is 0 Å². The Balaban J connectivity index is 1.46. The molecule has 3 amide bonds. The molecule has 0 atom stereocenters. The highest BCUT2D eigenvalue weighted by Gasteiger charge is 2.47. The first-order valence-electron chi connectivity index (χ1n) is 12.7. The Morgan fingerprint density at radius 1 is 1.12 bits per heavy atom. The van der Waals surface area contributed by atoms with Crippen LogP contribution in [0.1, 0.15) is 70.8 Å². The van der Waals surface area contributed by atoms with Crippen molar-refractivity contribution in [3.8, 4) is 0 Å². The quantitative estimate of drug-likeness (QED) is 0.530. The summed E-state index contributed by atoms with van der Waals surface area (Å²) in [6.45, 7) is 6.94. The van der Waals surface area contributed by atoms with Crippen LogP contribution in [0.15, 0.2) is 35.3 Å². The first kappa shape index (κ1) is 25.1. The minimum Gasteiger partial charge on any atom is -0.369 e. The molecule has 0 bridgehead atoms. The van der Waals surface area contributed by atoms with E-state index in [1.807, 2.05) is 23.1 Å². The number of hydrogen-bond acceptors (Lipinski definition) is 4. The lowest BCUT2D eigenvalue weighted by molar-refractivity contribution is -0.132. The number of urea groups is 1. The molecule has 0 saturated carbocycles. The van der Waals surface area contributed by atoms with E-state index in [0.29, 0.717) is 38.1 Å². The molecule has 2 aliphatic heterocycles. The topological polar surface area (TPSA) is 91.0 Å². The fourth-order valence-corrected chi connectivity index (χ4v) is 4.90. The number of benzene rings is 1. The molecule has 0 aliphatic carbocycles. The van der Waals surface area contributed by atoms with Crippen molar-refractivity contribution in [2.45, 2.75) is 77.2 Å². The van der Waals surface area contributed by atoms with Gasteiger partial charge in [-0.25, -0.2) is 9.79 Å². The fraction of sp³-hybridized carbons (Fsp3) is 0.654. The lowest BCUT2D eigenvalue weighted by Gasteiger charge is -2.34. The van der Waals surface area contributed by atoms with Crippen molar-refractivity contribution in [3.05, 3.63) is 35.9 Å². The predicted molar refractivity (Wildman–Crippen MR) is 133 cm³/mol. The average molecular weight is 456 g/mol. The largest absolute Gasteiger partial charge is 0.369 e. The molecule has 7 nitrogen and oxygen atoms in total. The van der Waals surface area contributed by atoms with Crippen molar-refractivity contribution < 1.29 is 9.59 Å². The van der Waals surface area contributed by atoms with Crippen molar-refractivity contribution in [2.75, 3.05) is 26.2 Å². The number of rotatable bonds is 11. The summed E-state index contributed by atoms with van der Waals surface area (Å²) in [6.07, 6.45) is 8.19. The molecule has 1 fully saturated rings. The second-order valence-corrected chi connectivity index (χ2v) is 9.52. The molecule has 2 aliphatic rings. The Hall–Kier alpha value is -2.57. The molecule has 0 unspecified atom stereocenters. The molecule has 1 aromatic rings. The number of carbonyl (C=O) groups is 2. The third-order valence-corrected chi connectivity index (χ3v) is 7.01. The molecular weight excluding hydrogens is 414 g/mol. The molecule has 3 N–H and O–H groups in total. The van der Waals surface area contributed by atoms with E-state index < -0.39 is 5.54 Å². The summed E-state index contributed by atoms with van der Waals surface area (Å²) in [4.78, 5) is 34.3. The first-order chi connectivity index (χ1) is 16.0. The molecule has 0 aromatic heterocycles. The minimum absolute atomic E-state index is 0.000791. The summed E-state index contributed by atoms with van der Waals surface area (Å²) in [7, 11) is 0. The van der Waals surface area contributed by atoms with E-state index in [2.05, 4.69) is 31.3 Å². The summed E-state index contributed by atoms with van der Waals surface area (Å²) in [6, 6.07) is 10.2. The molecule has 3 rings (SSSR count). The SMILES string of the molecule is CCCCC1(CCCC)N=C(N)N(CC2CCN(C(=O)NCCc3ccccc3)CC2)C1=O. The summed E-state index contributed by atoms with van der Waals surface area (Å²) in [5, 5.41) is 3.04. The van der Waals surface area contributed by atoms with Gasteiger partial charge in [-0.05, 0) is 43.6 Å². The monoisotopic (exact) mass is 455 g/mol. The molecule has 33 heavy (non-hydrogen) atoms. The summed E-state index contributed by atoms with van der Waals surface area (Å²) in [5.41, 5.74) is 6.83. The van der Waals surface area contributed by atoms with E-state index in [1.54, 1.807) is 4.90 Å². The number of guanidine groups is 1. The van der Waals surface area contributed by atoms with E-state index >= 15 is 0 Å². The van der Waals surface area contributed by atoms with Gasteiger partial charge in [0.15, 0.2) is 5.96 Å². The van der Waals surface area contributed by atoms with Crippen molar-refractivity contribution in [2.24, 2.45) is 16.6 Å². The van der Waals surface area contributed by atoms with Crippen LogP contribution in [0, 0.1) is 5.92 Å². The smallest absolute Gasteiger partial charge is 0.317 e. The maximum absolute atomic E-state index is 13.4. The van der Waals surface area contributed by atoms with Crippen molar-refractivity contribution >= 4 is 17.9 Å². The maximum atomic E-state index is 13.4. The lowest BCUT2D eigenvalue weighted by atomic mass is 9.87. The van der Waals surface area contributed by atoms with Crippen molar-refractivity contribution in [1.29, 1.82) is 0 Å². The number of carbonyl (C=O) groups excluding carboxylic acids is 2. The number of nitrogens with zero attached hydrogens (tertiary/aromatic N) is 3. The van der Waals surface area contributed by atoms with Crippen LogP contribution in [0.25, 0.3) is 0 Å². The number of amides is 3. The Morgan fingerprint density at radius 2 is 1.76 bits per heavy atom. The van der Waals surface area contributed by atoms with Crippen LogP contribution in [-0.4, -0.2) is 59.4 Å². The first-order valence-corrected chi connectivity index (χ1v) is 12.7. The number of unbranched alkanes of at least 4 members (excludes halogenated alkanes) is 2. The highest BCUT2D eigenvalue weighted by atomic mass is 16.2. The van der Waals surface area contributed by atoms with Gasteiger partial charge in [-0.15, -0.1) is 0 Å². The summed E-state index contributed by atoms with van der Waals surface area (Å²) in [5.74, 6) is 0.806. The Kier molecular flexibility index (Phi) is 9.15. The normalized spacial score (nSPS) is 18.5. The van der Waals surface area contributed by atoms with Gasteiger partial charge in [0, 0.05) is 26.2 Å². The van der Waals surface area contributed by atoms with Gasteiger partial charge in [0.2, 0.25) is 0 Å². The van der Waals surface area contributed by atoms with Gasteiger partial charge >= 0.3 is 6.03 Å². The van der Waals surface area contributed by atoms with Crippen molar-refractivity contribution in [1.82, 2.24) is 15.1 Å². The summed E-state index contributed by atoms with van der Waals surface area (Å²) < 4.78 is 0. The standard InChI is InChI=1S/C26H41N5O2/c1-3-5-15-26(16-6-4-2)23(32)31(24(27)29-26)20-22-13-18-30(19-14-22)25(33)28-17-12-21-10-8-7-9-11-21/h7-11,22H,3-6,12-20H2,1-2H3,(H2,27,29)(H,28,33). The Bertz CT molecular complexity index is 794. The van der Waals surface area contributed by atoms with E-state index in [4.69, 9.17) is 10.7 Å². The highest BCUT2D eigenvalue weighted by molar-refractivity contribution is 6.06. The zero-order chi connectivity index (χ0) is 23.7. The van der Waals surface area contributed by atoms with Gasteiger partial charge in [0.1, 0.15) is 5.54 Å². The number of nitrogens with two attached hydrogens (primary N) is 1. The molecule has 1 saturated heterocycles. The Morgan fingerprint density at radius 3 is 2.36 bits per heavy atom. The van der Waals surface area contributed by atoms with Crippen LogP contribution in [0.2, 0.25) is 0 Å². The third kappa shape index (κ3) is 6.49. The number of nitrogens with one attached hydrogen (secondary N) is 1. The maximum Gasteiger partial charge on any atom is 0.317 e. The van der Waals surface area contributed by atoms with Crippen LogP contribution in [0.3, 0.4) is 0 Å².